The Balaban J connectivity index is 1.87. The fourth-order valence-electron chi connectivity index (χ4n) is 2.63. The van der Waals surface area contributed by atoms with Crippen LogP contribution >= 0.6 is 0 Å². The molecular weight excluding hydrogens is 252 g/mol. The number of nitrogens with zero attached hydrogens (tertiary/aromatic N) is 1. The van der Waals surface area contributed by atoms with E-state index in [0.29, 0.717) is 6.54 Å². The largest absolute Gasteiger partial charge is 0.399 e. The summed E-state index contributed by atoms with van der Waals surface area (Å²) in [6, 6.07) is 6.12. The van der Waals surface area contributed by atoms with E-state index in [1.807, 2.05) is 32.2 Å². The Bertz CT molecular complexity index is 449. The summed E-state index contributed by atoms with van der Waals surface area (Å²) in [5.41, 5.74) is 8.69. The van der Waals surface area contributed by atoms with Crippen molar-refractivity contribution in [2.45, 2.75) is 32.4 Å². The summed E-state index contributed by atoms with van der Waals surface area (Å²) in [6.45, 7) is 4.44. The van der Waals surface area contributed by atoms with E-state index < -0.39 is 0 Å². The van der Waals surface area contributed by atoms with E-state index in [4.69, 9.17) is 5.73 Å². The number of nitrogen functional groups attached to an aromatic ring is 1. The molecule has 0 saturated carbocycles. The highest BCUT2D eigenvalue weighted by Gasteiger charge is 2.21. The van der Waals surface area contributed by atoms with Crippen molar-refractivity contribution in [2.75, 3.05) is 25.9 Å². The van der Waals surface area contributed by atoms with Crippen LogP contribution in [-0.2, 0) is 6.54 Å². The average Bonchev–Trinajstić information content (AvgIpc) is 2.44. The van der Waals surface area contributed by atoms with E-state index in [2.05, 4.69) is 10.6 Å². The van der Waals surface area contributed by atoms with Crippen molar-refractivity contribution < 1.29 is 4.79 Å². The van der Waals surface area contributed by atoms with Crippen molar-refractivity contribution in [3.8, 4) is 0 Å². The van der Waals surface area contributed by atoms with Crippen LogP contribution in [-0.4, -0.2) is 37.1 Å². The molecule has 5 nitrogen and oxygen atoms in total. The van der Waals surface area contributed by atoms with E-state index in [9.17, 15) is 4.79 Å². The lowest BCUT2D eigenvalue weighted by Crippen LogP contribution is -2.49. The van der Waals surface area contributed by atoms with Gasteiger partial charge in [-0.15, -0.1) is 0 Å². The molecular formula is C15H24N4O. The molecule has 1 unspecified atom stereocenters. The maximum atomic E-state index is 12.1. The molecule has 110 valence electrons. The second-order valence-corrected chi connectivity index (χ2v) is 5.52. The van der Waals surface area contributed by atoms with Gasteiger partial charge in [0.1, 0.15) is 0 Å². The minimum Gasteiger partial charge on any atom is -0.399 e. The second-order valence-electron chi connectivity index (χ2n) is 5.52. The number of anilines is 1. The quantitative estimate of drug-likeness (QED) is 0.732. The normalized spacial score (nSPS) is 18.6. The molecule has 0 aliphatic carbocycles. The van der Waals surface area contributed by atoms with Gasteiger partial charge in [0.2, 0.25) is 0 Å². The van der Waals surface area contributed by atoms with Crippen LogP contribution in [0.15, 0.2) is 18.2 Å². The number of likely N-dealkylation sites (N-methyl/N-ethyl adjacent to an activating group) is 1. The molecule has 1 aromatic carbocycles. The molecule has 5 heteroatoms. The van der Waals surface area contributed by atoms with Gasteiger partial charge in [-0.2, -0.15) is 0 Å². The molecule has 1 atom stereocenters. The van der Waals surface area contributed by atoms with Gasteiger partial charge in [0, 0.05) is 31.9 Å². The number of nitrogens with one attached hydrogen (secondary N) is 2. The number of benzene rings is 1. The summed E-state index contributed by atoms with van der Waals surface area (Å²) >= 11 is 0. The number of carbonyl (C=O) groups excluding carboxylic acids is 1. The molecule has 1 aliphatic rings. The van der Waals surface area contributed by atoms with Gasteiger partial charge in [0.15, 0.2) is 0 Å². The predicted molar refractivity (Wildman–Crippen MR) is 81.5 cm³/mol. The minimum atomic E-state index is -0.0289. The van der Waals surface area contributed by atoms with Crippen LogP contribution in [0.5, 0.6) is 0 Å². The lowest BCUT2D eigenvalue weighted by molar-refractivity contribution is 0.178. The number of piperidine rings is 1. The summed E-state index contributed by atoms with van der Waals surface area (Å²) in [7, 11) is 1.86. The number of hydrogen-bond donors (Lipinski definition) is 3. The Morgan fingerprint density at radius 2 is 2.30 bits per heavy atom. The first-order valence-electron chi connectivity index (χ1n) is 7.13. The summed E-state index contributed by atoms with van der Waals surface area (Å²) in [5, 5.41) is 6.28. The van der Waals surface area contributed by atoms with Gasteiger partial charge in [0.05, 0.1) is 0 Å². The predicted octanol–water partition coefficient (Wildman–Crippen LogP) is 1.47. The standard InChI is InChI=1S/C15H24N4O/c1-11-6-12(8-13(16)7-11)9-18-15(20)19(2)14-4-3-5-17-10-14/h6-8,14,17H,3-5,9-10,16H2,1-2H3,(H,18,20). The molecule has 0 bridgehead atoms. The Morgan fingerprint density at radius 3 is 2.95 bits per heavy atom. The van der Waals surface area contributed by atoms with Gasteiger partial charge < -0.3 is 21.3 Å². The Morgan fingerprint density at radius 1 is 1.50 bits per heavy atom. The number of rotatable bonds is 3. The molecule has 4 N–H and O–H groups in total. The van der Waals surface area contributed by atoms with E-state index >= 15 is 0 Å². The maximum absolute atomic E-state index is 12.1. The van der Waals surface area contributed by atoms with Crippen LogP contribution in [0.2, 0.25) is 0 Å². The lowest BCUT2D eigenvalue weighted by atomic mass is 10.1. The Labute approximate surface area is 120 Å². The molecule has 0 aromatic heterocycles. The summed E-state index contributed by atoms with van der Waals surface area (Å²) in [6.07, 6.45) is 2.19. The second kappa shape index (κ2) is 6.61. The van der Waals surface area contributed by atoms with E-state index in [0.717, 1.165) is 42.7 Å². The van der Waals surface area contributed by atoms with Gasteiger partial charge in [0.25, 0.3) is 0 Å². The molecule has 0 radical (unpaired) electrons. The van der Waals surface area contributed by atoms with Gasteiger partial charge in [-0.25, -0.2) is 4.79 Å². The Hall–Kier alpha value is -1.75. The summed E-state index contributed by atoms with van der Waals surface area (Å²) < 4.78 is 0. The van der Waals surface area contributed by atoms with Gasteiger partial charge in [-0.05, 0) is 49.6 Å². The van der Waals surface area contributed by atoms with Crippen LogP contribution in [0, 0.1) is 6.92 Å². The van der Waals surface area contributed by atoms with Crippen molar-refractivity contribution in [3.63, 3.8) is 0 Å². The van der Waals surface area contributed by atoms with Crippen LogP contribution in [0.3, 0.4) is 0 Å². The molecule has 2 rings (SSSR count). The fraction of sp³-hybridized carbons (Fsp3) is 0.533. The first kappa shape index (κ1) is 14.7. The molecule has 1 heterocycles. The summed E-state index contributed by atoms with van der Waals surface area (Å²) in [5.74, 6) is 0. The molecule has 1 fully saturated rings. The SMILES string of the molecule is Cc1cc(N)cc(CNC(=O)N(C)C2CCCNC2)c1. The highest BCUT2D eigenvalue weighted by Crippen LogP contribution is 2.12. The zero-order chi connectivity index (χ0) is 14.5. The lowest BCUT2D eigenvalue weighted by Gasteiger charge is -2.31. The monoisotopic (exact) mass is 276 g/mol. The molecule has 0 spiro atoms. The third-order valence-corrected chi connectivity index (χ3v) is 3.74. The first-order valence-corrected chi connectivity index (χ1v) is 7.13. The molecule has 20 heavy (non-hydrogen) atoms. The van der Waals surface area contributed by atoms with E-state index in [1.54, 1.807) is 4.90 Å². The first-order chi connectivity index (χ1) is 9.56. The molecule has 2 amide bonds. The number of hydrogen-bond acceptors (Lipinski definition) is 3. The number of urea groups is 1. The third kappa shape index (κ3) is 3.87. The van der Waals surface area contributed by atoms with Crippen LogP contribution in [0.25, 0.3) is 0 Å². The van der Waals surface area contributed by atoms with Crippen LogP contribution in [0.4, 0.5) is 10.5 Å². The maximum Gasteiger partial charge on any atom is 0.317 e. The average molecular weight is 276 g/mol. The summed E-state index contributed by atoms with van der Waals surface area (Å²) in [4.78, 5) is 13.9. The molecule has 1 aromatic rings. The third-order valence-electron chi connectivity index (χ3n) is 3.74. The van der Waals surface area contributed by atoms with Crippen LogP contribution in [0.1, 0.15) is 24.0 Å². The number of carbonyl (C=O) groups is 1. The molecule has 1 aliphatic heterocycles. The Kier molecular flexibility index (Phi) is 4.84. The highest BCUT2D eigenvalue weighted by atomic mass is 16.2. The molecule has 1 saturated heterocycles. The smallest absolute Gasteiger partial charge is 0.317 e. The van der Waals surface area contributed by atoms with Crippen molar-refractivity contribution >= 4 is 11.7 Å². The van der Waals surface area contributed by atoms with E-state index in [1.165, 1.54) is 0 Å². The van der Waals surface area contributed by atoms with Gasteiger partial charge >= 0.3 is 6.03 Å². The van der Waals surface area contributed by atoms with Crippen molar-refractivity contribution in [1.82, 2.24) is 15.5 Å². The van der Waals surface area contributed by atoms with Crippen molar-refractivity contribution in [3.05, 3.63) is 29.3 Å². The van der Waals surface area contributed by atoms with Gasteiger partial charge in [-0.3, -0.25) is 0 Å². The zero-order valence-electron chi connectivity index (χ0n) is 12.3. The van der Waals surface area contributed by atoms with Crippen molar-refractivity contribution in [2.24, 2.45) is 0 Å². The van der Waals surface area contributed by atoms with Crippen LogP contribution < -0.4 is 16.4 Å². The number of aryl methyl sites for hydroxylation is 1. The van der Waals surface area contributed by atoms with Crippen molar-refractivity contribution in [1.29, 1.82) is 0 Å². The number of nitrogens with two attached hydrogens (primary N) is 1. The topological polar surface area (TPSA) is 70.4 Å². The minimum absolute atomic E-state index is 0.0289. The highest BCUT2D eigenvalue weighted by molar-refractivity contribution is 5.74. The zero-order valence-corrected chi connectivity index (χ0v) is 12.3. The van der Waals surface area contributed by atoms with Gasteiger partial charge in [-0.1, -0.05) is 6.07 Å². The number of amides is 2. The fourth-order valence-corrected chi connectivity index (χ4v) is 2.63. The van der Waals surface area contributed by atoms with E-state index in [-0.39, 0.29) is 12.1 Å².